The number of aromatic carboxylic acids is 1. The Bertz CT molecular complexity index is 725. The maximum atomic E-state index is 11.1. The van der Waals surface area contributed by atoms with E-state index in [0.29, 0.717) is 11.6 Å². The Labute approximate surface area is 153 Å². The molecule has 1 aliphatic heterocycles. The van der Waals surface area contributed by atoms with Crippen LogP contribution >= 0.6 is 11.6 Å². The van der Waals surface area contributed by atoms with Crippen LogP contribution in [0.4, 0.5) is 0 Å². The van der Waals surface area contributed by atoms with Crippen LogP contribution in [-0.2, 0) is 6.54 Å². The number of carbonyl (C=O) groups is 1. The Kier molecular flexibility index (Phi) is 5.74. The first-order valence-corrected chi connectivity index (χ1v) is 8.95. The second-order valence-electron chi connectivity index (χ2n) is 6.55. The predicted molar refractivity (Wildman–Crippen MR) is 100 cm³/mol. The number of hydrogen-bond acceptors (Lipinski definition) is 3. The number of benzene rings is 2. The third-order valence-electron chi connectivity index (χ3n) is 4.89. The second-order valence-corrected chi connectivity index (χ2v) is 6.98. The lowest BCUT2D eigenvalue weighted by Crippen LogP contribution is -2.46. The molecule has 2 aromatic carbocycles. The minimum absolute atomic E-state index is 0.354. The van der Waals surface area contributed by atoms with E-state index >= 15 is 0 Å². The van der Waals surface area contributed by atoms with E-state index in [-0.39, 0.29) is 0 Å². The number of hydrogen-bond donors (Lipinski definition) is 1. The lowest BCUT2D eigenvalue weighted by atomic mass is 10.1. The van der Waals surface area contributed by atoms with E-state index in [9.17, 15) is 4.79 Å². The lowest BCUT2D eigenvalue weighted by Gasteiger charge is -2.38. The van der Waals surface area contributed by atoms with E-state index in [4.69, 9.17) is 16.7 Å². The second kappa shape index (κ2) is 8.00. The van der Waals surface area contributed by atoms with Gasteiger partial charge in [0.1, 0.15) is 0 Å². The molecule has 1 atom stereocenters. The van der Waals surface area contributed by atoms with Crippen LogP contribution in [0.25, 0.3) is 0 Å². The molecule has 132 valence electrons. The molecule has 1 N–H and O–H groups in total. The Morgan fingerprint density at radius 2 is 1.80 bits per heavy atom. The van der Waals surface area contributed by atoms with Crippen molar-refractivity contribution in [1.82, 2.24) is 9.80 Å². The Balaban J connectivity index is 1.55. The van der Waals surface area contributed by atoms with Crippen molar-refractivity contribution in [3.05, 3.63) is 70.2 Å². The molecule has 4 nitrogen and oxygen atoms in total. The normalized spacial score (nSPS) is 17.4. The van der Waals surface area contributed by atoms with Gasteiger partial charge in [-0.25, -0.2) is 4.79 Å². The molecule has 0 saturated carbocycles. The summed E-state index contributed by atoms with van der Waals surface area (Å²) in [6, 6.07) is 15.7. The van der Waals surface area contributed by atoms with Gasteiger partial charge in [0.2, 0.25) is 0 Å². The summed E-state index contributed by atoms with van der Waals surface area (Å²) in [5, 5.41) is 9.88. The summed E-state index contributed by atoms with van der Waals surface area (Å²) in [6.07, 6.45) is 0. The molecule has 0 bridgehead atoms. The number of rotatable bonds is 5. The van der Waals surface area contributed by atoms with Gasteiger partial charge in [-0.3, -0.25) is 9.80 Å². The summed E-state index contributed by atoms with van der Waals surface area (Å²) >= 11 is 5.97. The highest BCUT2D eigenvalue weighted by atomic mass is 35.5. The zero-order valence-corrected chi connectivity index (χ0v) is 15.1. The summed E-state index contributed by atoms with van der Waals surface area (Å²) < 4.78 is 0. The van der Waals surface area contributed by atoms with Crippen molar-refractivity contribution in [2.75, 3.05) is 26.2 Å². The van der Waals surface area contributed by atoms with E-state index in [1.165, 1.54) is 5.56 Å². The van der Waals surface area contributed by atoms with E-state index in [0.717, 1.165) is 43.3 Å². The maximum absolute atomic E-state index is 11.1. The largest absolute Gasteiger partial charge is 0.478 e. The number of carboxylic acids is 1. The van der Waals surface area contributed by atoms with Gasteiger partial charge in [-0.1, -0.05) is 35.9 Å². The molecule has 25 heavy (non-hydrogen) atoms. The first kappa shape index (κ1) is 17.9. The fraction of sp³-hybridized carbons (Fsp3) is 0.350. The number of halogens is 1. The molecule has 0 aromatic heterocycles. The molecular weight excluding hydrogens is 336 g/mol. The zero-order chi connectivity index (χ0) is 17.8. The van der Waals surface area contributed by atoms with Crippen molar-refractivity contribution in [3.8, 4) is 0 Å². The van der Waals surface area contributed by atoms with Gasteiger partial charge < -0.3 is 5.11 Å². The Hall–Kier alpha value is -1.88. The summed E-state index contributed by atoms with van der Waals surface area (Å²) in [5.74, 6) is -0.872. The van der Waals surface area contributed by atoms with E-state index in [2.05, 4.69) is 28.9 Å². The molecule has 5 heteroatoms. The molecule has 0 amide bonds. The monoisotopic (exact) mass is 358 g/mol. The molecule has 1 aliphatic rings. The molecule has 3 rings (SSSR count). The maximum Gasteiger partial charge on any atom is 0.335 e. The van der Waals surface area contributed by atoms with Crippen molar-refractivity contribution in [1.29, 1.82) is 0 Å². The van der Waals surface area contributed by atoms with E-state index < -0.39 is 5.97 Å². The van der Waals surface area contributed by atoms with Crippen LogP contribution in [0.1, 0.15) is 34.5 Å². The van der Waals surface area contributed by atoms with Gasteiger partial charge >= 0.3 is 5.97 Å². The van der Waals surface area contributed by atoms with Crippen LogP contribution in [-0.4, -0.2) is 47.1 Å². The third kappa shape index (κ3) is 4.60. The van der Waals surface area contributed by atoms with Gasteiger partial charge in [-0.15, -0.1) is 0 Å². The highest BCUT2D eigenvalue weighted by Crippen LogP contribution is 2.23. The van der Waals surface area contributed by atoms with Crippen molar-refractivity contribution in [2.45, 2.75) is 19.5 Å². The van der Waals surface area contributed by atoms with Gasteiger partial charge in [-0.05, 0) is 42.3 Å². The number of piperazine rings is 1. The van der Waals surface area contributed by atoms with Crippen molar-refractivity contribution in [2.24, 2.45) is 0 Å². The van der Waals surface area contributed by atoms with Crippen LogP contribution in [0.3, 0.4) is 0 Å². The van der Waals surface area contributed by atoms with Crippen molar-refractivity contribution < 1.29 is 9.90 Å². The van der Waals surface area contributed by atoms with Crippen LogP contribution in [0, 0.1) is 0 Å². The summed E-state index contributed by atoms with van der Waals surface area (Å²) in [7, 11) is 0. The molecule has 1 fully saturated rings. The highest BCUT2D eigenvalue weighted by Gasteiger charge is 2.22. The predicted octanol–water partition coefficient (Wildman–Crippen LogP) is 3.92. The number of nitrogens with zero attached hydrogens (tertiary/aromatic N) is 2. The molecular formula is C20H23ClN2O2. The molecule has 0 spiro atoms. The minimum Gasteiger partial charge on any atom is -0.478 e. The molecule has 1 unspecified atom stereocenters. The Morgan fingerprint density at radius 1 is 1.12 bits per heavy atom. The SMILES string of the molecule is CC(c1ccc(Cl)cc1)N1CCN(Cc2cccc(C(=O)O)c2)CC1. The van der Waals surface area contributed by atoms with Crippen LogP contribution in [0.2, 0.25) is 5.02 Å². The Morgan fingerprint density at radius 3 is 2.44 bits per heavy atom. The van der Waals surface area contributed by atoms with Gasteiger partial charge in [-0.2, -0.15) is 0 Å². The fourth-order valence-corrected chi connectivity index (χ4v) is 3.45. The summed E-state index contributed by atoms with van der Waals surface area (Å²) in [5.41, 5.74) is 2.69. The molecule has 0 radical (unpaired) electrons. The van der Waals surface area contributed by atoms with E-state index in [1.54, 1.807) is 12.1 Å². The topological polar surface area (TPSA) is 43.8 Å². The van der Waals surface area contributed by atoms with E-state index in [1.807, 2.05) is 24.3 Å². The van der Waals surface area contributed by atoms with Crippen LogP contribution < -0.4 is 0 Å². The quantitative estimate of drug-likeness (QED) is 0.879. The first-order valence-electron chi connectivity index (χ1n) is 8.57. The molecule has 1 heterocycles. The minimum atomic E-state index is -0.872. The first-order chi connectivity index (χ1) is 12.0. The lowest BCUT2D eigenvalue weighted by molar-refractivity contribution is 0.0696. The average Bonchev–Trinajstić information content (AvgIpc) is 2.63. The van der Waals surface area contributed by atoms with Crippen LogP contribution in [0.15, 0.2) is 48.5 Å². The third-order valence-corrected chi connectivity index (χ3v) is 5.14. The molecule has 2 aromatic rings. The van der Waals surface area contributed by atoms with Gasteiger partial charge in [0.05, 0.1) is 5.56 Å². The van der Waals surface area contributed by atoms with Gasteiger partial charge in [0.25, 0.3) is 0 Å². The summed E-state index contributed by atoms with van der Waals surface area (Å²) in [6.45, 7) is 6.99. The van der Waals surface area contributed by atoms with Crippen LogP contribution in [0.5, 0.6) is 0 Å². The standard InChI is InChI=1S/C20H23ClN2O2/c1-15(17-5-7-19(21)8-6-17)23-11-9-22(10-12-23)14-16-3-2-4-18(13-16)20(24)25/h2-8,13,15H,9-12,14H2,1H3,(H,24,25). The zero-order valence-electron chi connectivity index (χ0n) is 14.4. The number of carboxylic acid groups (broad SMARTS) is 1. The van der Waals surface area contributed by atoms with Gasteiger partial charge in [0.15, 0.2) is 0 Å². The van der Waals surface area contributed by atoms with Crippen molar-refractivity contribution >= 4 is 17.6 Å². The van der Waals surface area contributed by atoms with Crippen molar-refractivity contribution in [3.63, 3.8) is 0 Å². The fourth-order valence-electron chi connectivity index (χ4n) is 3.32. The summed E-state index contributed by atoms with van der Waals surface area (Å²) in [4.78, 5) is 16.0. The smallest absolute Gasteiger partial charge is 0.335 e. The molecule has 1 saturated heterocycles. The average molecular weight is 359 g/mol. The highest BCUT2D eigenvalue weighted by molar-refractivity contribution is 6.30. The van der Waals surface area contributed by atoms with Gasteiger partial charge in [0, 0.05) is 43.8 Å². The molecule has 0 aliphatic carbocycles.